The first kappa shape index (κ1) is 24.6. The zero-order chi connectivity index (χ0) is 23.2. The number of pyridine rings is 1. The molecule has 0 aliphatic carbocycles. The van der Waals surface area contributed by atoms with Crippen LogP contribution < -0.4 is 21.1 Å². The van der Waals surface area contributed by atoms with E-state index in [0.29, 0.717) is 53.0 Å². The fourth-order valence-corrected chi connectivity index (χ4v) is 3.20. The lowest BCUT2D eigenvalue weighted by Crippen LogP contribution is -2.15. The number of nitrogens with zero attached hydrogens (tertiary/aromatic N) is 4. The number of anilines is 2. The van der Waals surface area contributed by atoms with Gasteiger partial charge in [-0.15, -0.1) is 12.4 Å². The fourth-order valence-electron chi connectivity index (χ4n) is 3.20. The smallest absolute Gasteiger partial charge is 0.261 e. The number of methoxy groups -OCH3 is 1. The quantitative estimate of drug-likeness (QED) is 0.344. The van der Waals surface area contributed by atoms with E-state index in [2.05, 4.69) is 30.7 Å². The number of aryl methyl sites for hydroxylation is 1. The number of nitrogens with two attached hydrogens (primary N) is 1. The number of halogens is 1. The van der Waals surface area contributed by atoms with Gasteiger partial charge in [0.2, 0.25) is 11.8 Å². The predicted octanol–water partition coefficient (Wildman–Crippen LogP) is 3.56. The second-order valence-corrected chi connectivity index (χ2v) is 7.05. The van der Waals surface area contributed by atoms with Crippen molar-refractivity contribution in [3.05, 3.63) is 66.2 Å². The summed E-state index contributed by atoms with van der Waals surface area (Å²) >= 11 is 0. The Hall–Kier alpha value is -4.02. The van der Waals surface area contributed by atoms with Gasteiger partial charge in [-0.25, -0.2) is 15.0 Å². The van der Waals surface area contributed by atoms with E-state index in [1.807, 2.05) is 30.3 Å². The topological polar surface area (TPSA) is 141 Å². The molecular weight excluding hydrogens is 458 g/mol. The van der Waals surface area contributed by atoms with Crippen molar-refractivity contribution in [1.29, 1.82) is 0 Å². The highest BCUT2D eigenvalue weighted by atomic mass is 35.5. The maximum atomic E-state index is 13.1. The Morgan fingerprint density at radius 2 is 1.82 bits per heavy atom. The largest absolute Gasteiger partial charge is 0.479 e. The molecule has 11 heteroatoms. The number of hydrogen-bond acceptors (Lipinski definition) is 9. The van der Waals surface area contributed by atoms with Gasteiger partial charge in [0.05, 0.1) is 12.8 Å². The molecule has 0 atom stereocenters. The molecule has 0 aliphatic rings. The molecule has 3 aromatic heterocycles. The molecule has 0 fully saturated rings. The number of hydrogen-bond donors (Lipinski definition) is 3. The summed E-state index contributed by atoms with van der Waals surface area (Å²) in [6, 6.07) is 12.8. The van der Waals surface area contributed by atoms with Crippen LogP contribution in [0.25, 0.3) is 22.5 Å². The molecule has 4 N–H and O–H groups in total. The van der Waals surface area contributed by atoms with Crippen LogP contribution in [0.15, 0.2) is 59.4 Å². The van der Waals surface area contributed by atoms with Gasteiger partial charge < -0.3 is 25.6 Å². The standard InChI is InChI=1S/C23H23N7O3.ClH/c1-14-19(20(30-33-14)15-6-4-3-5-7-15)21(31)28-18-9-8-17(29-22(18)32-2)16-12-26-23(27-13-16)25-11-10-24;/h3-9,12-13H,10-11,24H2,1-2H3,(H,28,31)(H,25,26,27);1H. The first-order chi connectivity index (χ1) is 16.1. The lowest BCUT2D eigenvalue weighted by Gasteiger charge is -2.11. The number of carbonyl (C=O) groups excluding carboxylic acids is 1. The summed E-state index contributed by atoms with van der Waals surface area (Å²) < 4.78 is 10.7. The van der Waals surface area contributed by atoms with Gasteiger partial charge in [-0.3, -0.25) is 4.79 Å². The van der Waals surface area contributed by atoms with Crippen molar-refractivity contribution in [3.8, 4) is 28.4 Å². The molecule has 0 unspecified atom stereocenters. The first-order valence-electron chi connectivity index (χ1n) is 10.2. The van der Waals surface area contributed by atoms with Gasteiger partial charge in [-0.05, 0) is 19.1 Å². The third kappa shape index (κ3) is 5.30. The van der Waals surface area contributed by atoms with Gasteiger partial charge in [0.15, 0.2) is 0 Å². The van der Waals surface area contributed by atoms with Crippen LogP contribution in [0.5, 0.6) is 5.88 Å². The zero-order valence-electron chi connectivity index (χ0n) is 18.6. The highest BCUT2D eigenvalue weighted by Crippen LogP contribution is 2.30. The average Bonchev–Trinajstić information content (AvgIpc) is 3.25. The summed E-state index contributed by atoms with van der Waals surface area (Å²) in [5.74, 6) is 0.773. The van der Waals surface area contributed by atoms with E-state index >= 15 is 0 Å². The van der Waals surface area contributed by atoms with Gasteiger partial charge in [0, 0.05) is 36.6 Å². The maximum absolute atomic E-state index is 13.1. The van der Waals surface area contributed by atoms with Crippen molar-refractivity contribution in [3.63, 3.8) is 0 Å². The molecule has 4 aromatic rings. The van der Waals surface area contributed by atoms with Crippen LogP contribution >= 0.6 is 12.4 Å². The molecule has 10 nitrogen and oxygen atoms in total. The Morgan fingerprint density at radius 3 is 2.50 bits per heavy atom. The molecule has 0 spiro atoms. The number of benzene rings is 1. The number of amides is 1. The van der Waals surface area contributed by atoms with Gasteiger partial charge in [-0.1, -0.05) is 35.5 Å². The molecule has 0 saturated carbocycles. The molecule has 0 aliphatic heterocycles. The summed E-state index contributed by atoms with van der Waals surface area (Å²) in [5.41, 5.74) is 8.78. The van der Waals surface area contributed by atoms with E-state index in [9.17, 15) is 4.79 Å². The number of aromatic nitrogens is 4. The van der Waals surface area contributed by atoms with Crippen molar-refractivity contribution >= 4 is 29.9 Å². The molecule has 176 valence electrons. The highest BCUT2D eigenvalue weighted by Gasteiger charge is 2.23. The Balaban J connectivity index is 0.00000324. The minimum absolute atomic E-state index is 0. The van der Waals surface area contributed by atoms with E-state index in [1.54, 1.807) is 31.5 Å². The summed E-state index contributed by atoms with van der Waals surface area (Å²) in [5, 5.41) is 9.92. The summed E-state index contributed by atoms with van der Waals surface area (Å²) in [4.78, 5) is 26.1. The number of carbonyl (C=O) groups is 1. The third-order valence-electron chi connectivity index (χ3n) is 4.81. The number of nitrogens with one attached hydrogen (secondary N) is 2. The summed E-state index contributed by atoms with van der Waals surface area (Å²) in [7, 11) is 1.48. The second kappa shape index (κ2) is 11.2. The fraction of sp³-hybridized carbons (Fsp3) is 0.174. The first-order valence-corrected chi connectivity index (χ1v) is 10.2. The number of ether oxygens (including phenoxy) is 1. The number of rotatable bonds is 8. The van der Waals surface area contributed by atoms with E-state index in [4.69, 9.17) is 15.0 Å². The normalized spacial score (nSPS) is 10.3. The Labute approximate surface area is 202 Å². The third-order valence-corrected chi connectivity index (χ3v) is 4.81. The lowest BCUT2D eigenvalue weighted by molar-refractivity contribution is 0.102. The predicted molar refractivity (Wildman–Crippen MR) is 131 cm³/mol. The molecule has 34 heavy (non-hydrogen) atoms. The van der Waals surface area contributed by atoms with Crippen molar-refractivity contribution in [1.82, 2.24) is 20.1 Å². The SMILES string of the molecule is COc1nc(-c2cnc(NCCN)nc2)ccc1NC(=O)c1c(-c2ccccc2)noc1C.Cl. The van der Waals surface area contributed by atoms with E-state index in [1.165, 1.54) is 7.11 Å². The minimum Gasteiger partial charge on any atom is -0.479 e. The van der Waals surface area contributed by atoms with Gasteiger partial charge in [0.1, 0.15) is 22.7 Å². The van der Waals surface area contributed by atoms with Crippen LogP contribution in [-0.2, 0) is 0 Å². The molecule has 4 rings (SSSR count). The second-order valence-electron chi connectivity index (χ2n) is 7.05. The van der Waals surface area contributed by atoms with Crippen LogP contribution in [0.1, 0.15) is 16.1 Å². The molecule has 3 heterocycles. The zero-order valence-corrected chi connectivity index (χ0v) is 19.4. The van der Waals surface area contributed by atoms with Crippen molar-refractivity contribution in [2.75, 3.05) is 30.8 Å². The van der Waals surface area contributed by atoms with Gasteiger partial charge >= 0.3 is 0 Å². The molecule has 0 saturated heterocycles. The molecule has 0 bridgehead atoms. The summed E-state index contributed by atoms with van der Waals surface area (Å²) in [6.45, 7) is 2.76. The van der Waals surface area contributed by atoms with Crippen LogP contribution in [0.2, 0.25) is 0 Å². The van der Waals surface area contributed by atoms with E-state index in [-0.39, 0.29) is 24.2 Å². The van der Waals surface area contributed by atoms with Gasteiger partial charge in [-0.2, -0.15) is 0 Å². The Kier molecular flexibility index (Phi) is 8.12. The molecular formula is C23H24ClN7O3. The van der Waals surface area contributed by atoms with E-state index < -0.39 is 0 Å². The van der Waals surface area contributed by atoms with Crippen LogP contribution in [0, 0.1) is 6.92 Å². The van der Waals surface area contributed by atoms with Crippen LogP contribution in [0.4, 0.5) is 11.6 Å². The van der Waals surface area contributed by atoms with Crippen molar-refractivity contribution in [2.24, 2.45) is 5.73 Å². The monoisotopic (exact) mass is 481 g/mol. The lowest BCUT2D eigenvalue weighted by atomic mass is 10.1. The molecule has 0 radical (unpaired) electrons. The van der Waals surface area contributed by atoms with Crippen LogP contribution in [0.3, 0.4) is 0 Å². The summed E-state index contributed by atoms with van der Waals surface area (Å²) in [6.07, 6.45) is 3.30. The van der Waals surface area contributed by atoms with E-state index in [0.717, 1.165) is 5.56 Å². The average molecular weight is 482 g/mol. The highest BCUT2D eigenvalue weighted by molar-refractivity contribution is 6.09. The van der Waals surface area contributed by atoms with Crippen LogP contribution in [-0.4, -0.2) is 46.2 Å². The Bertz CT molecular complexity index is 1250. The van der Waals surface area contributed by atoms with Crippen molar-refractivity contribution < 1.29 is 14.1 Å². The molecule has 1 amide bonds. The van der Waals surface area contributed by atoms with Crippen molar-refractivity contribution in [2.45, 2.75) is 6.92 Å². The maximum Gasteiger partial charge on any atom is 0.261 e. The molecule has 1 aromatic carbocycles. The minimum atomic E-state index is -0.376. The van der Waals surface area contributed by atoms with Gasteiger partial charge in [0.25, 0.3) is 5.91 Å². The Morgan fingerprint density at radius 1 is 1.09 bits per heavy atom.